The lowest BCUT2D eigenvalue weighted by molar-refractivity contribution is -0.140. The van der Waals surface area contributed by atoms with Crippen LogP contribution in [0.1, 0.15) is 19.8 Å². The van der Waals surface area contributed by atoms with Crippen molar-refractivity contribution in [1.82, 2.24) is 10.2 Å². The highest BCUT2D eigenvalue weighted by atomic mass is 16.4. The summed E-state index contributed by atoms with van der Waals surface area (Å²) >= 11 is 0. The third kappa shape index (κ3) is 5.88. The molecule has 0 aromatic heterocycles. The highest BCUT2D eigenvalue weighted by Gasteiger charge is 2.24. The van der Waals surface area contributed by atoms with E-state index in [0.717, 1.165) is 6.42 Å². The second kappa shape index (κ2) is 8.10. The average molecular weight is 257 g/mol. The van der Waals surface area contributed by atoms with E-state index in [2.05, 4.69) is 11.9 Å². The van der Waals surface area contributed by atoms with Gasteiger partial charge in [-0.3, -0.25) is 4.79 Å². The highest BCUT2D eigenvalue weighted by Crippen LogP contribution is 1.97. The Hall–Kier alpha value is -2.05. The molecule has 0 spiro atoms. The summed E-state index contributed by atoms with van der Waals surface area (Å²) in [6, 6.07) is -1.86. The second-order valence-corrected chi connectivity index (χ2v) is 3.75. The van der Waals surface area contributed by atoms with Gasteiger partial charge in [0.2, 0.25) is 5.91 Å². The molecule has 0 aliphatic rings. The predicted molar refractivity (Wildman–Crippen MR) is 65.8 cm³/mol. The van der Waals surface area contributed by atoms with E-state index in [1.54, 1.807) is 6.08 Å². The fraction of sp³-hybridized carbons (Fsp3) is 0.545. The summed E-state index contributed by atoms with van der Waals surface area (Å²) in [7, 11) is 0. The Morgan fingerprint density at radius 2 is 2.11 bits per heavy atom. The molecule has 0 aliphatic heterocycles. The van der Waals surface area contributed by atoms with Crippen molar-refractivity contribution in [1.29, 1.82) is 0 Å². The van der Waals surface area contributed by atoms with Crippen LogP contribution >= 0.6 is 0 Å². The minimum absolute atomic E-state index is 0.308. The number of carbonyl (C=O) groups excluding carboxylic acids is 2. The molecule has 0 saturated heterocycles. The van der Waals surface area contributed by atoms with Gasteiger partial charge in [0.15, 0.2) is 0 Å². The monoisotopic (exact) mass is 257 g/mol. The van der Waals surface area contributed by atoms with Gasteiger partial charge in [-0.2, -0.15) is 0 Å². The molecule has 0 heterocycles. The van der Waals surface area contributed by atoms with Crippen LogP contribution in [0.5, 0.6) is 0 Å². The largest absolute Gasteiger partial charge is 0.480 e. The van der Waals surface area contributed by atoms with E-state index in [-0.39, 0.29) is 0 Å². The molecular weight excluding hydrogens is 238 g/mol. The number of carboxylic acids is 1. The molecule has 1 unspecified atom stereocenters. The van der Waals surface area contributed by atoms with Crippen LogP contribution in [0.4, 0.5) is 4.79 Å². The zero-order chi connectivity index (χ0) is 14.1. The van der Waals surface area contributed by atoms with Crippen LogP contribution in [0.15, 0.2) is 12.7 Å². The van der Waals surface area contributed by atoms with E-state index in [1.807, 2.05) is 6.92 Å². The number of hydrogen-bond donors (Lipinski definition) is 3. The summed E-state index contributed by atoms with van der Waals surface area (Å²) in [5, 5.41) is 11.1. The molecule has 7 heteroatoms. The van der Waals surface area contributed by atoms with Gasteiger partial charge < -0.3 is 21.1 Å². The van der Waals surface area contributed by atoms with Crippen LogP contribution in [0.2, 0.25) is 0 Å². The first-order valence-electron chi connectivity index (χ1n) is 5.59. The molecule has 0 aliphatic carbocycles. The first-order chi connectivity index (χ1) is 8.42. The SMILES string of the molecule is C=CCN(CCC)C(=O)NC(CC(N)=O)C(=O)O. The van der Waals surface area contributed by atoms with Gasteiger partial charge in [-0.05, 0) is 6.42 Å². The van der Waals surface area contributed by atoms with Gasteiger partial charge in [0.1, 0.15) is 6.04 Å². The molecule has 7 nitrogen and oxygen atoms in total. The molecule has 4 N–H and O–H groups in total. The molecule has 0 bridgehead atoms. The second-order valence-electron chi connectivity index (χ2n) is 3.75. The molecule has 0 radical (unpaired) electrons. The van der Waals surface area contributed by atoms with Crippen LogP contribution in [0.3, 0.4) is 0 Å². The normalized spacial score (nSPS) is 11.4. The maximum absolute atomic E-state index is 11.8. The van der Waals surface area contributed by atoms with E-state index in [1.165, 1.54) is 4.90 Å². The number of primary amides is 1. The number of carboxylic acid groups (broad SMARTS) is 1. The maximum Gasteiger partial charge on any atom is 0.326 e. The van der Waals surface area contributed by atoms with Crippen LogP contribution in [0, 0.1) is 0 Å². The average Bonchev–Trinajstić information content (AvgIpc) is 2.27. The van der Waals surface area contributed by atoms with Crippen LogP contribution in [-0.2, 0) is 9.59 Å². The Morgan fingerprint density at radius 3 is 2.50 bits per heavy atom. The lowest BCUT2D eigenvalue weighted by Crippen LogP contribution is -2.49. The molecule has 0 aromatic carbocycles. The smallest absolute Gasteiger partial charge is 0.326 e. The minimum Gasteiger partial charge on any atom is -0.480 e. The van der Waals surface area contributed by atoms with Crippen molar-refractivity contribution in [3.8, 4) is 0 Å². The summed E-state index contributed by atoms with van der Waals surface area (Å²) in [5.74, 6) is -2.08. The van der Waals surface area contributed by atoms with Gasteiger partial charge in [-0.15, -0.1) is 6.58 Å². The fourth-order valence-electron chi connectivity index (χ4n) is 1.34. The molecule has 1 atom stereocenters. The Labute approximate surface area is 106 Å². The third-order valence-electron chi connectivity index (χ3n) is 2.13. The van der Waals surface area contributed by atoms with E-state index in [0.29, 0.717) is 13.1 Å². The number of carbonyl (C=O) groups is 3. The van der Waals surface area contributed by atoms with Crippen molar-refractivity contribution in [3.63, 3.8) is 0 Å². The summed E-state index contributed by atoms with van der Waals surface area (Å²) in [6.45, 7) is 6.19. The topological polar surface area (TPSA) is 113 Å². The molecule has 0 rings (SSSR count). The number of nitrogens with one attached hydrogen (secondary N) is 1. The van der Waals surface area contributed by atoms with Gasteiger partial charge in [0.05, 0.1) is 6.42 Å². The predicted octanol–water partition coefficient (Wildman–Crippen LogP) is -0.0774. The van der Waals surface area contributed by atoms with Crippen molar-refractivity contribution in [2.24, 2.45) is 5.73 Å². The fourth-order valence-corrected chi connectivity index (χ4v) is 1.34. The Kier molecular flexibility index (Phi) is 7.18. The van der Waals surface area contributed by atoms with Crippen LogP contribution < -0.4 is 11.1 Å². The third-order valence-corrected chi connectivity index (χ3v) is 2.13. The van der Waals surface area contributed by atoms with E-state index < -0.39 is 30.4 Å². The molecule has 102 valence electrons. The van der Waals surface area contributed by atoms with Crippen molar-refractivity contribution >= 4 is 17.9 Å². The number of aliphatic carboxylic acids is 1. The molecule has 0 aromatic rings. The number of nitrogens with zero attached hydrogens (tertiary/aromatic N) is 1. The molecule has 0 fully saturated rings. The van der Waals surface area contributed by atoms with Crippen LogP contribution in [-0.4, -0.2) is 47.0 Å². The first-order valence-corrected chi connectivity index (χ1v) is 5.59. The van der Waals surface area contributed by atoms with Crippen molar-refractivity contribution in [3.05, 3.63) is 12.7 Å². The Morgan fingerprint density at radius 1 is 1.50 bits per heavy atom. The van der Waals surface area contributed by atoms with Crippen LogP contribution in [0.25, 0.3) is 0 Å². The first kappa shape index (κ1) is 16.0. The lowest BCUT2D eigenvalue weighted by Gasteiger charge is -2.23. The summed E-state index contributed by atoms with van der Waals surface area (Å²) < 4.78 is 0. The molecule has 3 amide bonds. The number of urea groups is 1. The van der Waals surface area contributed by atoms with Gasteiger partial charge in [0.25, 0.3) is 0 Å². The van der Waals surface area contributed by atoms with Gasteiger partial charge >= 0.3 is 12.0 Å². The number of rotatable bonds is 8. The Bertz CT molecular complexity index is 330. The zero-order valence-electron chi connectivity index (χ0n) is 10.4. The summed E-state index contributed by atoms with van der Waals surface area (Å²) in [4.78, 5) is 34.7. The standard InChI is InChI=1S/C11H19N3O4/c1-3-5-14(6-4-2)11(18)13-8(10(16)17)7-9(12)15/h3,8H,1,4-7H2,2H3,(H2,12,15)(H,13,18)(H,16,17). The number of nitrogens with two attached hydrogens (primary N) is 1. The van der Waals surface area contributed by atoms with Crippen molar-refractivity contribution in [2.75, 3.05) is 13.1 Å². The quantitative estimate of drug-likeness (QED) is 0.528. The Balaban J connectivity index is 4.58. The lowest BCUT2D eigenvalue weighted by atomic mass is 10.2. The molecular formula is C11H19N3O4. The van der Waals surface area contributed by atoms with E-state index >= 15 is 0 Å². The zero-order valence-corrected chi connectivity index (χ0v) is 10.4. The molecule has 18 heavy (non-hydrogen) atoms. The highest BCUT2D eigenvalue weighted by molar-refractivity contribution is 5.87. The van der Waals surface area contributed by atoms with Gasteiger partial charge in [-0.1, -0.05) is 13.0 Å². The maximum atomic E-state index is 11.8. The van der Waals surface area contributed by atoms with E-state index in [4.69, 9.17) is 10.8 Å². The van der Waals surface area contributed by atoms with Crippen molar-refractivity contribution < 1.29 is 19.5 Å². The number of hydrogen-bond acceptors (Lipinski definition) is 3. The molecule has 0 saturated carbocycles. The van der Waals surface area contributed by atoms with E-state index in [9.17, 15) is 14.4 Å². The summed E-state index contributed by atoms with van der Waals surface area (Å²) in [6.07, 6.45) is 1.84. The summed E-state index contributed by atoms with van der Waals surface area (Å²) in [5.41, 5.74) is 4.92. The number of amides is 3. The van der Waals surface area contributed by atoms with Gasteiger partial charge in [-0.25, -0.2) is 9.59 Å². The van der Waals surface area contributed by atoms with Gasteiger partial charge in [0, 0.05) is 13.1 Å². The van der Waals surface area contributed by atoms with Crippen molar-refractivity contribution in [2.45, 2.75) is 25.8 Å². The minimum atomic E-state index is -1.31.